The molecule has 0 spiro atoms. The molecule has 0 radical (unpaired) electrons. The van der Waals surface area contributed by atoms with E-state index in [1.165, 1.54) is 0 Å². The SMILES string of the molecule is CCCCOC(=O)C(CC)(CC)C(=O)Oc1ccc(F)c(F)c1F. The fourth-order valence-corrected chi connectivity index (χ4v) is 2.14. The molecule has 0 aromatic heterocycles. The van der Waals surface area contributed by atoms with Gasteiger partial charge in [-0.05, 0) is 31.4 Å². The monoisotopic (exact) mass is 346 g/mol. The molecular weight excluding hydrogens is 325 g/mol. The van der Waals surface area contributed by atoms with Crippen molar-refractivity contribution in [2.45, 2.75) is 46.5 Å². The van der Waals surface area contributed by atoms with Crippen LogP contribution in [0.5, 0.6) is 5.75 Å². The fraction of sp³-hybridized carbons (Fsp3) is 0.529. The van der Waals surface area contributed by atoms with E-state index in [-0.39, 0.29) is 19.4 Å². The van der Waals surface area contributed by atoms with Crippen molar-refractivity contribution < 1.29 is 32.2 Å². The Morgan fingerprint density at radius 3 is 2.17 bits per heavy atom. The van der Waals surface area contributed by atoms with E-state index in [1.807, 2.05) is 6.92 Å². The number of ether oxygens (including phenoxy) is 2. The van der Waals surface area contributed by atoms with Crippen LogP contribution in [0.2, 0.25) is 0 Å². The molecule has 1 aromatic carbocycles. The van der Waals surface area contributed by atoms with Crippen molar-refractivity contribution in [3.63, 3.8) is 0 Å². The first kappa shape index (κ1) is 20.0. The van der Waals surface area contributed by atoms with E-state index in [0.29, 0.717) is 12.5 Å². The van der Waals surface area contributed by atoms with E-state index in [2.05, 4.69) is 0 Å². The predicted octanol–water partition coefficient (Wildman–Crippen LogP) is 4.16. The third-order valence-electron chi connectivity index (χ3n) is 3.92. The summed E-state index contributed by atoms with van der Waals surface area (Å²) in [5.74, 6) is -7.36. The average molecular weight is 346 g/mol. The Hall–Kier alpha value is -2.05. The largest absolute Gasteiger partial charge is 0.465 e. The van der Waals surface area contributed by atoms with Crippen molar-refractivity contribution in [2.75, 3.05) is 6.61 Å². The highest BCUT2D eigenvalue weighted by atomic mass is 19.2. The van der Waals surface area contributed by atoms with E-state index in [0.717, 1.165) is 12.5 Å². The minimum atomic E-state index is -1.75. The fourth-order valence-electron chi connectivity index (χ4n) is 2.14. The van der Waals surface area contributed by atoms with Gasteiger partial charge in [-0.3, -0.25) is 9.59 Å². The van der Waals surface area contributed by atoms with Crippen molar-refractivity contribution in [3.8, 4) is 5.75 Å². The molecule has 0 amide bonds. The van der Waals surface area contributed by atoms with Gasteiger partial charge in [-0.2, -0.15) is 4.39 Å². The van der Waals surface area contributed by atoms with Crippen LogP contribution >= 0.6 is 0 Å². The Balaban J connectivity index is 3.02. The molecule has 1 rings (SSSR count). The molecule has 4 nitrogen and oxygen atoms in total. The van der Waals surface area contributed by atoms with Gasteiger partial charge in [0.15, 0.2) is 22.8 Å². The summed E-state index contributed by atoms with van der Waals surface area (Å²) < 4.78 is 49.8. The van der Waals surface area contributed by atoms with Crippen LogP contribution in [0.1, 0.15) is 46.5 Å². The minimum Gasteiger partial charge on any atom is -0.465 e. The Kier molecular flexibility index (Phi) is 7.25. The summed E-state index contributed by atoms with van der Waals surface area (Å²) in [7, 11) is 0. The van der Waals surface area contributed by atoms with Crippen molar-refractivity contribution >= 4 is 11.9 Å². The van der Waals surface area contributed by atoms with E-state index in [4.69, 9.17) is 9.47 Å². The number of halogens is 3. The molecule has 134 valence electrons. The van der Waals surface area contributed by atoms with Gasteiger partial charge in [0.25, 0.3) is 0 Å². The Bertz CT molecular complexity index is 598. The second-order valence-corrected chi connectivity index (χ2v) is 5.34. The highest BCUT2D eigenvalue weighted by Gasteiger charge is 2.46. The lowest BCUT2D eigenvalue weighted by Gasteiger charge is -2.26. The molecule has 0 fully saturated rings. The van der Waals surface area contributed by atoms with Crippen molar-refractivity contribution in [1.82, 2.24) is 0 Å². The quantitative estimate of drug-likeness (QED) is 0.233. The van der Waals surface area contributed by atoms with Gasteiger partial charge in [0.1, 0.15) is 0 Å². The number of benzene rings is 1. The van der Waals surface area contributed by atoms with Crippen molar-refractivity contribution in [3.05, 3.63) is 29.6 Å². The van der Waals surface area contributed by atoms with Crippen LogP contribution in [-0.2, 0) is 14.3 Å². The Morgan fingerprint density at radius 2 is 1.62 bits per heavy atom. The molecule has 0 aliphatic rings. The maximum Gasteiger partial charge on any atom is 0.328 e. The first-order chi connectivity index (χ1) is 11.3. The summed E-state index contributed by atoms with van der Waals surface area (Å²) in [5, 5.41) is 0. The van der Waals surface area contributed by atoms with Crippen molar-refractivity contribution in [2.24, 2.45) is 5.41 Å². The molecule has 1 aromatic rings. The number of carbonyl (C=O) groups excluding carboxylic acids is 2. The lowest BCUT2D eigenvalue weighted by molar-refractivity contribution is -0.168. The van der Waals surface area contributed by atoms with E-state index in [9.17, 15) is 22.8 Å². The summed E-state index contributed by atoms with van der Waals surface area (Å²) in [4.78, 5) is 24.7. The molecule has 0 aliphatic heterocycles. The second kappa shape index (κ2) is 8.70. The molecule has 0 heterocycles. The lowest BCUT2D eigenvalue weighted by atomic mass is 9.82. The molecule has 7 heteroatoms. The number of esters is 2. The molecular formula is C17H21F3O4. The molecule has 0 N–H and O–H groups in total. The molecule has 0 atom stereocenters. The summed E-state index contributed by atoms with van der Waals surface area (Å²) >= 11 is 0. The van der Waals surface area contributed by atoms with Gasteiger partial charge in [-0.1, -0.05) is 27.2 Å². The molecule has 24 heavy (non-hydrogen) atoms. The first-order valence-corrected chi connectivity index (χ1v) is 7.87. The second-order valence-electron chi connectivity index (χ2n) is 5.34. The zero-order valence-electron chi connectivity index (χ0n) is 14.0. The van der Waals surface area contributed by atoms with Gasteiger partial charge in [-0.25, -0.2) is 8.78 Å². The van der Waals surface area contributed by atoms with Gasteiger partial charge in [-0.15, -0.1) is 0 Å². The summed E-state index contributed by atoms with van der Waals surface area (Å²) in [6, 6.07) is 1.43. The Morgan fingerprint density at radius 1 is 1.00 bits per heavy atom. The van der Waals surface area contributed by atoms with E-state index >= 15 is 0 Å². The van der Waals surface area contributed by atoms with Crippen LogP contribution in [0, 0.1) is 22.9 Å². The first-order valence-electron chi connectivity index (χ1n) is 7.87. The van der Waals surface area contributed by atoms with E-state index in [1.54, 1.807) is 13.8 Å². The highest BCUT2D eigenvalue weighted by Crippen LogP contribution is 2.32. The van der Waals surface area contributed by atoms with Gasteiger partial charge in [0, 0.05) is 0 Å². The summed E-state index contributed by atoms with van der Waals surface area (Å²) in [6.07, 6.45) is 1.59. The summed E-state index contributed by atoms with van der Waals surface area (Å²) in [5.41, 5.74) is -1.62. The number of unbranched alkanes of at least 4 members (excludes halogenated alkanes) is 1. The predicted molar refractivity (Wildman–Crippen MR) is 80.8 cm³/mol. The van der Waals surface area contributed by atoms with Gasteiger partial charge >= 0.3 is 11.9 Å². The lowest BCUT2D eigenvalue weighted by Crippen LogP contribution is -2.42. The third-order valence-corrected chi connectivity index (χ3v) is 3.92. The third kappa shape index (κ3) is 4.07. The van der Waals surface area contributed by atoms with Crippen LogP contribution < -0.4 is 4.74 Å². The van der Waals surface area contributed by atoms with Crippen LogP contribution in [0.3, 0.4) is 0 Å². The number of carbonyl (C=O) groups is 2. The van der Waals surface area contributed by atoms with Gasteiger partial charge < -0.3 is 9.47 Å². The maximum atomic E-state index is 13.7. The molecule has 0 unspecified atom stereocenters. The minimum absolute atomic E-state index is 0.0680. The molecule has 0 saturated carbocycles. The van der Waals surface area contributed by atoms with Crippen LogP contribution in [0.4, 0.5) is 13.2 Å². The maximum absolute atomic E-state index is 13.7. The molecule has 0 bridgehead atoms. The zero-order chi connectivity index (χ0) is 18.3. The smallest absolute Gasteiger partial charge is 0.328 e. The Labute approximate surface area is 138 Å². The number of hydrogen-bond donors (Lipinski definition) is 0. The molecule has 0 saturated heterocycles. The van der Waals surface area contributed by atoms with Crippen LogP contribution in [0.25, 0.3) is 0 Å². The normalized spacial score (nSPS) is 11.2. The molecule has 0 aliphatic carbocycles. The average Bonchev–Trinajstić information content (AvgIpc) is 2.57. The zero-order valence-corrected chi connectivity index (χ0v) is 14.0. The highest BCUT2D eigenvalue weighted by molar-refractivity contribution is 6.00. The number of rotatable bonds is 8. The van der Waals surface area contributed by atoms with Crippen LogP contribution in [0.15, 0.2) is 12.1 Å². The van der Waals surface area contributed by atoms with Crippen LogP contribution in [-0.4, -0.2) is 18.5 Å². The van der Waals surface area contributed by atoms with Crippen molar-refractivity contribution in [1.29, 1.82) is 0 Å². The summed E-state index contributed by atoms with van der Waals surface area (Å²) in [6.45, 7) is 5.26. The van der Waals surface area contributed by atoms with E-state index < -0.39 is 40.6 Å². The van der Waals surface area contributed by atoms with Gasteiger partial charge in [0.2, 0.25) is 5.82 Å². The van der Waals surface area contributed by atoms with Gasteiger partial charge in [0.05, 0.1) is 6.61 Å². The number of hydrogen-bond acceptors (Lipinski definition) is 4. The topological polar surface area (TPSA) is 52.6 Å². The standard InChI is InChI=1S/C17H21F3O4/c1-4-7-10-23-15(21)17(5-2,6-3)16(22)24-12-9-8-11(18)13(19)14(12)20/h8-9H,4-7,10H2,1-3H3.